The number of hydrogen-bond acceptors (Lipinski definition) is 11. The monoisotopic (exact) mass is 636 g/mol. The highest BCUT2D eigenvalue weighted by Gasteiger charge is 2.55. The normalized spacial score (nSPS) is 18.3. The van der Waals surface area contributed by atoms with Gasteiger partial charge in [-0.1, -0.05) is 0 Å². The van der Waals surface area contributed by atoms with Gasteiger partial charge < -0.3 is 25.0 Å². The van der Waals surface area contributed by atoms with Gasteiger partial charge in [0.2, 0.25) is 0 Å². The third-order valence-corrected chi connectivity index (χ3v) is 6.92. The molecule has 1 saturated heterocycles. The van der Waals surface area contributed by atoms with Crippen molar-refractivity contribution in [3.63, 3.8) is 0 Å². The Hall–Kier alpha value is -4.26. The Balaban J connectivity index is 1.60. The summed E-state index contributed by atoms with van der Waals surface area (Å²) in [4.78, 5) is 45.5. The summed E-state index contributed by atoms with van der Waals surface area (Å²) in [5.41, 5.74) is 6.51. The van der Waals surface area contributed by atoms with Crippen molar-refractivity contribution < 1.29 is 41.1 Å². The molecule has 0 unspecified atom stereocenters. The van der Waals surface area contributed by atoms with Crippen LogP contribution in [-0.4, -0.2) is 101 Å². The summed E-state index contributed by atoms with van der Waals surface area (Å²) in [7, 11) is -0.406. The number of amides is 4. The van der Waals surface area contributed by atoms with E-state index < -0.39 is 46.1 Å². The summed E-state index contributed by atoms with van der Waals surface area (Å²) >= 11 is 0. The minimum atomic E-state index is -5.06. The second-order valence-corrected chi connectivity index (χ2v) is 12.2. The van der Waals surface area contributed by atoms with Gasteiger partial charge in [-0.3, -0.25) is 24.3 Å². The van der Waals surface area contributed by atoms with Crippen molar-refractivity contribution in [3.8, 4) is 5.75 Å². The number of hydrogen-bond donors (Lipinski definition) is 3. The van der Waals surface area contributed by atoms with Crippen molar-refractivity contribution in [2.75, 3.05) is 33.7 Å². The molecule has 3 heterocycles. The first-order valence-corrected chi connectivity index (χ1v) is 14.9. The maximum Gasteiger partial charge on any atom is 0.418 e. The molecule has 2 atom stereocenters. The smallest absolute Gasteiger partial charge is 0.418 e. The van der Waals surface area contributed by atoms with Crippen molar-refractivity contribution in [1.82, 2.24) is 30.0 Å². The van der Waals surface area contributed by atoms with Crippen LogP contribution in [0.25, 0.3) is 0 Å². The molecule has 0 radical (unpaired) electrons. The average molecular weight is 637 g/mol. The van der Waals surface area contributed by atoms with Gasteiger partial charge in [-0.05, 0) is 45.0 Å². The molecular formula is C26H36N8O9S. The van der Waals surface area contributed by atoms with E-state index in [-0.39, 0.29) is 32.1 Å². The molecule has 4 rings (SSSR count). The highest BCUT2D eigenvalue weighted by Crippen LogP contribution is 2.46. The van der Waals surface area contributed by atoms with Crippen molar-refractivity contribution in [2.24, 2.45) is 17.8 Å². The van der Waals surface area contributed by atoms with Crippen LogP contribution in [0.15, 0.2) is 29.3 Å². The van der Waals surface area contributed by atoms with Gasteiger partial charge in [-0.25, -0.2) is 9.59 Å². The number of aliphatic imine (C=N–C) groups is 1. The van der Waals surface area contributed by atoms with E-state index >= 15 is 0 Å². The van der Waals surface area contributed by atoms with Crippen molar-refractivity contribution in [1.29, 1.82) is 0 Å². The molecule has 0 saturated carbocycles. The number of rotatable bonds is 9. The maximum absolute atomic E-state index is 13.2. The van der Waals surface area contributed by atoms with Crippen LogP contribution in [0.2, 0.25) is 0 Å². The number of aryl methyl sites for hydroxylation is 1. The predicted molar refractivity (Wildman–Crippen MR) is 155 cm³/mol. The summed E-state index contributed by atoms with van der Waals surface area (Å²) in [6.07, 6.45) is -0.671. The molecule has 240 valence electrons. The summed E-state index contributed by atoms with van der Waals surface area (Å²) in [5.74, 6) is 0.237. The zero-order valence-electron chi connectivity index (χ0n) is 25.2. The van der Waals surface area contributed by atoms with Crippen LogP contribution in [0, 0.1) is 0 Å². The number of nitrogens with two attached hydrogens (primary N) is 1. The molecule has 17 nitrogen and oxygen atoms in total. The summed E-state index contributed by atoms with van der Waals surface area (Å²) in [5, 5.41) is 7.68. The third-order valence-electron chi connectivity index (χ3n) is 6.57. The number of hydroxylamine groups is 2. The van der Waals surface area contributed by atoms with Crippen LogP contribution < -0.4 is 15.8 Å². The first-order valence-electron chi connectivity index (χ1n) is 13.5. The fourth-order valence-corrected chi connectivity index (χ4v) is 5.27. The molecule has 2 aromatic rings. The Kier molecular flexibility index (Phi) is 9.19. The fourth-order valence-electron chi connectivity index (χ4n) is 4.90. The molecule has 1 fully saturated rings. The molecule has 2 aliphatic heterocycles. The first-order chi connectivity index (χ1) is 20.5. The lowest BCUT2D eigenvalue weighted by atomic mass is 9.94. The quantitative estimate of drug-likeness (QED) is 0.200. The minimum Gasteiger partial charge on any atom is -0.487 e. The van der Waals surface area contributed by atoms with Gasteiger partial charge in [0.15, 0.2) is 6.04 Å². The van der Waals surface area contributed by atoms with Crippen LogP contribution in [0.4, 0.5) is 9.59 Å². The summed E-state index contributed by atoms with van der Waals surface area (Å²) in [6, 6.07) is 3.62. The molecule has 44 heavy (non-hydrogen) atoms. The van der Waals surface area contributed by atoms with Gasteiger partial charge in [0, 0.05) is 38.8 Å². The van der Waals surface area contributed by atoms with Crippen molar-refractivity contribution in [3.05, 3.63) is 46.8 Å². The number of ether oxygens (including phenoxy) is 2. The van der Waals surface area contributed by atoms with Crippen LogP contribution in [-0.2, 0) is 37.9 Å². The molecule has 1 aromatic carbocycles. The number of fused-ring (bicyclic) bond motifs is 4. The van der Waals surface area contributed by atoms with Gasteiger partial charge in [0.05, 0.1) is 18.8 Å². The Morgan fingerprint density at radius 2 is 1.89 bits per heavy atom. The molecule has 4 N–H and O–H groups in total. The van der Waals surface area contributed by atoms with Crippen molar-refractivity contribution >= 4 is 34.3 Å². The number of amidine groups is 1. The van der Waals surface area contributed by atoms with Crippen LogP contribution in [0.1, 0.15) is 55.4 Å². The number of benzene rings is 1. The second kappa shape index (κ2) is 12.4. The SMILES string of the molecule is CN(C)C(=O)[C@@H]1c2c(c(COc3ccc(C(=NCCN)NC(=O)OC(C)(C)C)cc3)nn2C)[C@H]2CN1C(=O)N2OS(=O)(=O)O. The zero-order valence-corrected chi connectivity index (χ0v) is 26.0. The largest absolute Gasteiger partial charge is 0.487 e. The standard InChI is InChI=1S/C26H36N8O9S/c1-26(2,3)42-24(36)29-22(28-12-11-27)15-7-9-16(10-8-15)41-14-17-19-18-13-33(25(37)34(18)43-44(38,39)40)21(23(35)31(4)5)20(19)32(6)30-17/h7-10,18,21H,11-14,27H2,1-6H3,(H,28,29,36)(H,38,39,40)/t18-,21+/m1/s1. The van der Waals surface area contributed by atoms with Gasteiger partial charge in [0.1, 0.15) is 35.5 Å². The number of likely N-dealkylation sites (N-methyl/N-ethyl adjacent to an activating group) is 1. The predicted octanol–water partition coefficient (Wildman–Crippen LogP) is 0.885. The summed E-state index contributed by atoms with van der Waals surface area (Å²) in [6.45, 7) is 5.56. The van der Waals surface area contributed by atoms with Crippen LogP contribution in [0.3, 0.4) is 0 Å². The van der Waals surface area contributed by atoms with Crippen molar-refractivity contribution in [2.45, 2.75) is 45.1 Å². The zero-order chi connectivity index (χ0) is 32.6. The van der Waals surface area contributed by atoms with Gasteiger partial charge in [-0.15, -0.1) is 4.28 Å². The lowest BCUT2D eigenvalue weighted by Crippen LogP contribution is -2.44. The van der Waals surface area contributed by atoms with E-state index in [1.54, 1.807) is 52.1 Å². The Morgan fingerprint density at radius 3 is 2.45 bits per heavy atom. The van der Waals surface area contributed by atoms with E-state index in [1.807, 2.05) is 0 Å². The van der Waals surface area contributed by atoms with Gasteiger partial charge >= 0.3 is 22.5 Å². The van der Waals surface area contributed by atoms with E-state index in [2.05, 4.69) is 19.7 Å². The number of carbonyl (C=O) groups excluding carboxylic acids is 3. The molecule has 0 spiro atoms. The lowest BCUT2D eigenvalue weighted by Gasteiger charge is -2.32. The van der Waals surface area contributed by atoms with E-state index in [1.165, 1.54) is 28.6 Å². The molecule has 2 bridgehead atoms. The molecule has 4 amide bonds. The second-order valence-electron chi connectivity index (χ2n) is 11.2. The van der Waals surface area contributed by atoms with E-state index in [0.29, 0.717) is 33.3 Å². The van der Waals surface area contributed by atoms with E-state index in [9.17, 15) is 27.4 Å². The fraction of sp³-hybridized carbons (Fsp3) is 0.500. The lowest BCUT2D eigenvalue weighted by molar-refractivity contribution is -0.134. The number of carbonyl (C=O) groups is 3. The van der Waals surface area contributed by atoms with Crippen LogP contribution >= 0.6 is 0 Å². The highest BCUT2D eigenvalue weighted by atomic mass is 32.3. The minimum absolute atomic E-state index is 0.0887. The number of nitrogens with one attached hydrogen (secondary N) is 1. The van der Waals surface area contributed by atoms with E-state index in [4.69, 9.17) is 15.2 Å². The van der Waals surface area contributed by atoms with Gasteiger partial charge in [0.25, 0.3) is 5.91 Å². The van der Waals surface area contributed by atoms with E-state index in [0.717, 1.165) is 0 Å². The van der Waals surface area contributed by atoms with Crippen LogP contribution in [0.5, 0.6) is 5.75 Å². The number of urea groups is 1. The Morgan fingerprint density at radius 1 is 1.23 bits per heavy atom. The molecule has 0 aliphatic carbocycles. The number of alkyl carbamates (subject to hydrolysis) is 1. The first kappa shape index (κ1) is 32.6. The average Bonchev–Trinajstić information content (AvgIpc) is 3.38. The Bertz CT molecular complexity index is 1560. The molecular weight excluding hydrogens is 600 g/mol. The molecule has 1 aromatic heterocycles. The number of nitrogens with zero attached hydrogens (tertiary/aromatic N) is 6. The highest BCUT2D eigenvalue weighted by molar-refractivity contribution is 7.80. The molecule has 18 heteroatoms. The maximum atomic E-state index is 13.2. The molecule has 2 aliphatic rings. The number of aromatic nitrogens is 2. The third kappa shape index (κ3) is 7.09. The Labute approximate surface area is 254 Å². The summed E-state index contributed by atoms with van der Waals surface area (Å²) < 4.78 is 49.8. The topological polar surface area (TPSA) is 211 Å². The van der Waals surface area contributed by atoms with Gasteiger partial charge in [-0.2, -0.15) is 18.6 Å².